The number of sulfone groups is 1. The summed E-state index contributed by atoms with van der Waals surface area (Å²) in [6.07, 6.45) is 2.35. The third-order valence-electron chi connectivity index (χ3n) is 2.41. The van der Waals surface area contributed by atoms with Crippen molar-refractivity contribution in [3.63, 3.8) is 0 Å². The monoisotopic (exact) mass is 344 g/mol. The van der Waals surface area contributed by atoms with Crippen LogP contribution in [0.1, 0.15) is 5.56 Å². The molecule has 0 unspecified atom stereocenters. The fourth-order valence-corrected chi connectivity index (χ4v) is 4.12. The second-order valence-corrected chi connectivity index (χ2v) is 6.77. The fourth-order valence-electron chi connectivity index (χ4n) is 1.60. The summed E-state index contributed by atoms with van der Waals surface area (Å²) in [5.74, 6) is -0.885. The minimum Gasteiger partial charge on any atom is -0.399 e. The standard InChI is InChI=1S/C12H10BrFN2O2S/c13-11-4-10(15)1-2-12(11)19(17,18)7-8-3-9(14)6-16-5-8/h1-6H,7,15H2. The number of nitrogen functional groups attached to an aromatic ring is 1. The van der Waals surface area contributed by atoms with Crippen LogP contribution < -0.4 is 5.73 Å². The predicted octanol–water partition coefficient (Wildman–Crippen LogP) is 2.54. The number of nitrogens with two attached hydrogens (primary N) is 1. The normalized spacial score (nSPS) is 11.5. The molecule has 1 heterocycles. The van der Waals surface area contributed by atoms with Crippen LogP contribution in [0.2, 0.25) is 0 Å². The highest BCUT2D eigenvalue weighted by molar-refractivity contribution is 9.10. The molecule has 0 saturated heterocycles. The van der Waals surface area contributed by atoms with Crippen molar-refractivity contribution < 1.29 is 12.8 Å². The van der Waals surface area contributed by atoms with Crippen molar-refractivity contribution >= 4 is 31.5 Å². The van der Waals surface area contributed by atoms with Gasteiger partial charge in [0.1, 0.15) is 5.82 Å². The molecule has 2 aromatic rings. The smallest absolute Gasteiger partial charge is 0.183 e. The lowest BCUT2D eigenvalue weighted by molar-refractivity contribution is 0.593. The van der Waals surface area contributed by atoms with E-state index in [9.17, 15) is 12.8 Å². The summed E-state index contributed by atoms with van der Waals surface area (Å²) in [5, 5.41) is 0. The summed E-state index contributed by atoms with van der Waals surface area (Å²) in [5.41, 5.74) is 6.31. The first-order valence-electron chi connectivity index (χ1n) is 5.26. The van der Waals surface area contributed by atoms with Crippen LogP contribution in [0.15, 0.2) is 46.0 Å². The lowest BCUT2D eigenvalue weighted by atomic mass is 10.3. The molecule has 0 radical (unpaired) electrons. The molecule has 1 aromatic heterocycles. The molecule has 0 amide bonds. The number of halogens is 2. The first-order valence-corrected chi connectivity index (χ1v) is 7.70. The minimum atomic E-state index is -3.59. The zero-order chi connectivity index (χ0) is 14.0. The van der Waals surface area contributed by atoms with E-state index in [-0.39, 0.29) is 10.6 Å². The van der Waals surface area contributed by atoms with Crippen LogP contribution in [-0.4, -0.2) is 13.4 Å². The van der Waals surface area contributed by atoms with Crippen LogP contribution in [0.25, 0.3) is 0 Å². The number of hydrogen-bond donors (Lipinski definition) is 1. The number of nitrogens with zero attached hydrogens (tertiary/aromatic N) is 1. The molecule has 0 saturated carbocycles. The number of rotatable bonds is 3. The zero-order valence-corrected chi connectivity index (χ0v) is 12.1. The second kappa shape index (κ2) is 5.26. The molecule has 19 heavy (non-hydrogen) atoms. The molecule has 100 valence electrons. The van der Waals surface area contributed by atoms with E-state index in [0.717, 1.165) is 12.3 Å². The average Bonchev–Trinajstić information content (AvgIpc) is 2.27. The van der Waals surface area contributed by atoms with Crippen molar-refractivity contribution in [2.45, 2.75) is 10.6 Å². The minimum absolute atomic E-state index is 0.117. The molecule has 0 aliphatic carbocycles. The van der Waals surface area contributed by atoms with E-state index >= 15 is 0 Å². The summed E-state index contributed by atoms with van der Waals surface area (Å²) in [6.45, 7) is 0. The Bertz CT molecular complexity index is 719. The molecule has 0 atom stereocenters. The highest BCUT2D eigenvalue weighted by atomic mass is 79.9. The maximum Gasteiger partial charge on any atom is 0.183 e. The van der Waals surface area contributed by atoms with Gasteiger partial charge in [-0.15, -0.1) is 0 Å². The lowest BCUT2D eigenvalue weighted by Crippen LogP contribution is -2.06. The Hall–Kier alpha value is -1.47. The Balaban J connectivity index is 2.38. The quantitative estimate of drug-likeness (QED) is 0.868. The molecular formula is C12H10BrFN2O2S. The largest absolute Gasteiger partial charge is 0.399 e. The maximum absolute atomic E-state index is 13.0. The Kier molecular flexibility index (Phi) is 3.86. The van der Waals surface area contributed by atoms with Gasteiger partial charge in [-0.2, -0.15) is 0 Å². The van der Waals surface area contributed by atoms with E-state index in [2.05, 4.69) is 20.9 Å². The van der Waals surface area contributed by atoms with Crippen molar-refractivity contribution in [2.24, 2.45) is 0 Å². The molecule has 0 bridgehead atoms. The van der Waals surface area contributed by atoms with E-state index < -0.39 is 15.7 Å². The van der Waals surface area contributed by atoms with Gasteiger partial charge in [-0.25, -0.2) is 12.8 Å². The van der Waals surface area contributed by atoms with E-state index in [1.54, 1.807) is 0 Å². The Morgan fingerprint density at radius 2 is 2.00 bits per heavy atom. The van der Waals surface area contributed by atoms with Crippen LogP contribution in [-0.2, 0) is 15.6 Å². The van der Waals surface area contributed by atoms with Crippen LogP contribution in [0, 0.1) is 5.82 Å². The van der Waals surface area contributed by atoms with Crippen molar-refractivity contribution in [1.82, 2.24) is 4.98 Å². The Labute approximate surface area is 118 Å². The van der Waals surface area contributed by atoms with Gasteiger partial charge in [-0.1, -0.05) is 0 Å². The molecule has 0 aliphatic heterocycles. The van der Waals surface area contributed by atoms with Gasteiger partial charge < -0.3 is 5.73 Å². The van der Waals surface area contributed by atoms with Crippen molar-refractivity contribution in [3.8, 4) is 0 Å². The van der Waals surface area contributed by atoms with Crippen molar-refractivity contribution in [2.75, 3.05) is 5.73 Å². The zero-order valence-electron chi connectivity index (χ0n) is 9.68. The predicted molar refractivity (Wildman–Crippen MR) is 73.6 cm³/mol. The van der Waals surface area contributed by atoms with E-state index in [4.69, 9.17) is 5.73 Å². The molecule has 0 fully saturated rings. The summed E-state index contributed by atoms with van der Waals surface area (Å²) < 4.78 is 37.8. The third kappa shape index (κ3) is 3.30. The Morgan fingerprint density at radius 1 is 1.26 bits per heavy atom. The molecule has 7 heteroatoms. The summed E-state index contributed by atoms with van der Waals surface area (Å²) in [4.78, 5) is 3.74. The number of hydrogen-bond acceptors (Lipinski definition) is 4. The summed E-state index contributed by atoms with van der Waals surface area (Å²) >= 11 is 3.16. The molecule has 2 N–H and O–H groups in total. The van der Waals surface area contributed by atoms with Crippen LogP contribution >= 0.6 is 15.9 Å². The van der Waals surface area contributed by atoms with E-state index in [1.165, 1.54) is 24.4 Å². The molecule has 4 nitrogen and oxygen atoms in total. The number of anilines is 1. The van der Waals surface area contributed by atoms with E-state index in [0.29, 0.717) is 15.7 Å². The lowest BCUT2D eigenvalue weighted by Gasteiger charge is -2.07. The van der Waals surface area contributed by atoms with Gasteiger partial charge in [-0.3, -0.25) is 4.98 Å². The van der Waals surface area contributed by atoms with Gasteiger partial charge >= 0.3 is 0 Å². The second-order valence-electron chi connectivity index (χ2n) is 3.96. The Morgan fingerprint density at radius 3 is 2.63 bits per heavy atom. The number of aromatic nitrogens is 1. The summed E-state index contributed by atoms with van der Waals surface area (Å²) in [6, 6.07) is 5.58. The highest BCUT2D eigenvalue weighted by Gasteiger charge is 2.19. The first kappa shape index (κ1) is 14.0. The highest BCUT2D eigenvalue weighted by Crippen LogP contribution is 2.27. The maximum atomic E-state index is 13.0. The molecule has 1 aromatic carbocycles. The van der Waals surface area contributed by atoms with Gasteiger partial charge in [0.05, 0.1) is 16.8 Å². The molecule has 0 spiro atoms. The van der Waals surface area contributed by atoms with Crippen molar-refractivity contribution in [1.29, 1.82) is 0 Å². The van der Waals surface area contributed by atoms with Gasteiger partial charge in [0.15, 0.2) is 9.84 Å². The van der Waals surface area contributed by atoms with Gasteiger partial charge in [0.25, 0.3) is 0 Å². The topological polar surface area (TPSA) is 73.1 Å². The average molecular weight is 345 g/mol. The van der Waals surface area contributed by atoms with Crippen molar-refractivity contribution in [3.05, 3.63) is 52.5 Å². The van der Waals surface area contributed by atoms with Gasteiger partial charge in [-0.05, 0) is 45.8 Å². The number of benzene rings is 1. The fraction of sp³-hybridized carbons (Fsp3) is 0.0833. The third-order valence-corrected chi connectivity index (χ3v) is 5.07. The van der Waals surface area contributed by atoms with E-state index in [1.807, 2.05) is 0 Å². The first-order chi connectivity index (χ1) is 8.88. The molecule has 0 aliphatic rings. The van der Waals surface area contributed by atoms with Gasteiger partial charge in [0.2, 0.25) is 0 Å². The molecule has 2 rings (SSSR count). The van der Waals surface area contributed by atoms with Crippen LogP contribution in [0.3, 0.4) is 0 Å². The summed E-state index contributed by atoms with van der Waals surface area (Å²) in [7, 11) is -3.59. The van der Waals surface area contributed by atoms with Crippen LogP contribution in [0.5, 0.6) is 0 Å². The van der Waals surface area contributed by atoms with Gasteiger partial charge in [0, 0.05) is 16.4 Å². The molecular weight excluding hydrogens is 335 g/mol. The number of pyridine rings is 1. The SMILES string of the molecule is Nc1ccc(S(=O)(=O)Cc2cncc(F)c2)c(Br)c1. The van der Waals surface area contributed by atoms with Crippen LogP contribution in [0.4, 0.5) is 10.1 Å².